The van der Waals surface area contributed by atoms with E-state index < -0.39 is 22.8 Å². The topological polar surface area (TPSA) is 128 Å². The zero-order chi connectivity index (χ0) is 28.3. The second kappa shape index (κ2) is 11.4. The number of nitrogens with zero attached hydrogens (tertiary/aromatic N) is 2. The number of carbonyl (C=O) groups is 3. The zero-order valence-corrected chi connectivity index (χ0v) is 22.1. The fourth-order valence-electron chi connectivity index (χ4n) is 4.16. The highest BCUT2D eigenvalue weighted by molar-refractivity contribution is 6.39. The molecule has 1 aliphatic heterocycles. The molecule has 0 bridgehead atoms. The predicted molar refractivity (Wildman–Crippen MR) is 145 cm³/mol. The summed E-state index contributed by atoms with van der Waals surface area (Å²) in [5.74, 6) is -1.18. The highest BCUT2D eigenvalue weighted by atomic mass is 35.5. The highest BCUT2D eigenvalue weighted by Crippen LogP contribution is 2.38. The minimum absolute atomic E-state index is 0.0599. The largest absolute Gasteiger partial charge is 0.490 e. The number of benzene rings is 3. The van der Waals surface area contributed by atoms with Gasteiger partial charge < -0.3 is 9.47 Å². The fourth-order valence-corrected chi connectivity index (χ4v) is 4.44. The van der Waals surface area contributed by atoms with E-state index in [9.17, 15) is 24.5 Å². The lowest BCUT2D eigenvalue weighted by molar-refractivity contribution is -0.384. The molecule has 1 saturated heterocycles. The summed E-state index contributed by atoms with van der Waals surface area (Å²) in [6, 6.07) is 13.0. The number of nitro benzene ring substituents is 1. The lowest BCUT2D eigenvalue weighted by Gasteiger charge is -2.26. The van der Waals surface area contributed by atoms with Gasteiger partial charge in [-0.1, -0.05) is 40.9 Å². The molecule has 39 heavy (non-hydrogen) atoms. The molecule has 4 amide bonds. The maximum Gasteiger partial charge on any atom is 0.335 e. The summed E-state index contributed by atoms with van der Waals surface area (Å²) in [6.07, 6.45) is 1.28. The second-order valence-electron chi connectivity index (χ2n) is 8.78. The number of non-ortho nitro benzene ring substituents is 1. The van der Waals surface area contributed by atoms with Crippen LogP contribution in [-0.2, 0) is 16.2 Å². The third-order valence-corrected chi connectivity index (χ3v) is 6.01. The molecule has 10 nitrogen and oxygen atoms in total. The first kappa shape index (κ1) is 27.3. The summed E-state index contributed by atoms with van der Waals surface area (Å²) in [7, 11) is 0. The van der Waals surface area contributed by atoms with Crippen LogP contribution >= 0.6 is 11.6 Å². The number of ether oxygens (including phenoxy) is 2. The predicted octanol–water partition coefficient (Wildman–Crippen LogP) is 5.51. The molecule has 0 aliphatic carbocycles. The lowest BCUT2D eigenvalue weighted by Crippen LogP contribution is -2.54. The fraction of sp³-hybridized carbons (Fsp3) is 0.179. The Morgan fingerprint density at radius 3 is 2.28 bits per heavy atom. The molecule has 1 N–H and O–H groups in total. The average molecular weight is 550 g/mol. The average Bonchev–Trinajstić information content (AvgIpc) is 2.86. The molecule has 0 atom stereocenters. The van der Waals surface area contributed by atoms with Gasteiger partial charge in [0.1, 0.15) is 12.2 Å². The van der Waals surface area contributed by atoms with Crippen molar-refractivity contribution in [1.82, 2.24) is 5.32 Å². The highest BCUT2D eigenvalue weighted by Gasteiger charge is 2.37. The minimum Gasteiger partial charge on any atom is -0.490 e. The van der Waals surface area contributed by atoms with Crippen LogP contribution in [0, 0.1) is 24.0 Å². The van der Waals surface area contributed by atoms with Crippen LogP contribution in [0.25, 0.3) is 6.08 Å². The number of imide groups is 2. The Kier molecular flexibility index (Phi) is 7.96. The van der Waals surface area contributed by atoms with Crippen LogP contribution in [0.15, 0.2) is 60.2 Å². The Labute approximate surface area is 228 Å². The number of amides is 4. The Morgan fingerprint density at radius 2 is 1.67 bits per heavy atom. The van der Waals surface area contributed by atoms with Crippen molar-refractivity contribution >= 4 is 46.9 Å². The van der Waals surface area contributed by atoms with E-state index in [2.05, 4.69) is 11.4 Å². The van der Waals surface area contributed by atoms with Crippen molar-refractivity contribution in [3.63, 3.8) is 0 Å². The molecule has 0 aromatic heterocycles. The zero-order valence-electron chi connectivity index (χ0n) is 21.3. The number of rotatable bonds is 8. The summed E-state index contributed by atoms with van der Waals surface area (Å²) in [4.78, 5) is 49.3. The molecule has 1 aliphatic rings. The number of aryl methyl sites for hydroxylation is 2. The number of nitrogens with one attached hydrogen (secondary N) is 1. The molecule has 0 saturated carbocycles. The molecule has 1 heterocycles. The van der Waals surface area contributed by atoms with Gasteiger partial charge in [0, 0.05) is 12.1 Å². The minimum atomic E-state index is -0.973. The quantitative estimate of drug-likeness (QED) is 0.170. The first-order valence-corrected chi connectivity index (χ1v) is 12.3. The lowest BCUT2D eigenvalue weighted by atomic mass is 10.1. The smallest absolute Gasteiger partial charge is 0.335 e. The van der Waals surface area contributed by atoms with Gasteiger partial charge in [-0.15, -0.1) is 0 Å². The molecule has 1 fully saturated rings. The summed E-state index contributed by atoms with van der Waals surface area (Å²) < 4.78 is 11.7. The molecule has 3 aromatic rings. The van der Waals surface area contributed by atoms with Crippen molar-refractivity contribution in [3.05, 3.63) is 97.6 Å². The molecule has 200 valence electrons. The van der Waals surface area contributed by atoms with Crippen LogP contribution in [0.4, 0.5) is 16.2 Å². The van der Waals surface area contributed by atoms with Gasteiger partial charge in [0.2, 0.25) is 0 Å². The number of hydrogen-bond donors (Lipinski definition) is 1. The van der Waals surface area contributed by atoms with Gasteiger partial charge in [0.05, 0.1) is 22.2 Å². The van der Waals surface area contributed by atoms with Crippen molar-refractivity contribution in [2.75, 3.05) is 11.5 Å². The van der Waals surface area contributed by atoms with Gasteiger partial charge in [-0.2, -0.15) is 0 Å². The third-order valence-electron chi connectivity index (χ3n) is 5.73. The van der Waals surface area contributed by atoms with Gasteiger partial charge in [-0.3, -0.25) is 25.0 Å². The maximum atomic E-state index is 13.2. The van der Waals surface area contributed by atoms with E-state index in [1.807, 2.05) is 26.0 Å². The second-order valence-corrected chi connectivity index (χ2v) is 9.19. The van der Waals surface area contributed by atoms with Crippen molar-refractivity contribution < 1.29 is 28.8 Å². The summed E-state index contributed by atoms with van der Waals surface area (Å²) >= 11 is 6.54. The van der Waals surface area contributed by atoms with E-state index in [0.29, 0.717) is 23.7 Å². The van der Waals surface area contributed by atoms with Crippen LogP contribution in [0.3, 0.4) is 0 Å². The number of barbiturate groups is 1. The van der Waals surface area contributed by atoms with E-state index >= 15 is 0 Å². The van der Waals surface area contributed by atoms with Crippen molar-refractivity contribution in [1.29, 1.82) is 0 Å². The van der Waals surface area contributed by atoms with Gasteiger partial charge in [-0.05, 0) is 62.2 Å². The normalized spacial score (nSPS) is 14.4. The monoisotopic (exact) mass is 549 g/mol. The van der Waals surface area contributed by atoms with Crippen molar-refractivity contribution in [3.8, 4) is 11.5 Å². The molecule has 0 unspecified atom stereocenters. The molecule has 3 aromatic carbocycles. The molecular weight excluding hydrogens is 526 g/mol. The van der Waals surface area contributed by atoms with Crippen LogP contribution in [-0.4, -0.2) is 29.4 Å². The van der Waals surface area contributed by atoms with Gasteiger partial charge in [-0.25, -0.2) is 9.69 Å². The first-order chi connectivity index (χ1) is 18.6. The summed E-state index contributed by atoms with van der Waals surface area (Å²) in [5.41, 5.74) is 3.02. The molecule has 0 spiro atoms. The number of carbonyl (C=O) groups excluding carboxylic acids is 3. The number of halogens is 1. The third kappa shape index (κ3) is 6.07. The van der Waals surface area contributed by atoms with Gasteiger partial charge >= 0.3 is 6.03 Å². The molecule has 11 heteroatoms. The maximum absolute atomic E-state index is 13.2. The van der Waals surface area contributed by atoms with E-state index in [1.54, 1.807) is 13.0 Å². The summed E-state index contributed by atoms with van der Waals surface area (Å²) in [6.45, 7) is 6.33. The molecular formula is C28H24ClN3O7. The number of nitro groups is 1. The number of hydrogen-bond acceptors (Lipinski definition) is 7. The Bertz CT molecular complexity index is 1500. The van der Waals surface area contributed by atoms with Crippen LogP contribution in [0.2, 0.25) is 5.02 Å². The first-order valence-electron chi connectivity index (χ1n) is 11.9. The van der Waals surface area contributed by atoms with Crippen molar-refractivity contribution in [2.24, 2.45) is 0 Å². The van der Waals surface area contributed by atoms with Crippen LogP contribution in [0.1, 0.15) is 29.2 Å². The van der Waals surface area contributed by atoms with E-state index in [1.165, 1.54) is 24.3 Å². The molecule has 0 radical (unpaired) electrons. The number of anilines is 1. The van der Waals surface area contributed by atoms with Gasteiger partial charge in [0.25, 0.3) is 17.5 Å². The Balaban J connectivity index is 1.65. The van der Waals surface area contributed by atoms with Crippen LogP contribution < -0.4 is 19.7 Å². The number of urea groups is 1. The SMILES string of the molecule is CCOc1cc(/C=C2\C(=O)NC(=O)N(c3ccc([N+](=O)[O-])cc3)C2=O)cc(Cl)c1OCc1cc(C)cc(C)c1. The summed E-state index contributed by atoms with van der Waals surface area (Å²) in [5, 5.41) is 13.3. The Hall–Kier alpha value is -4.70. The van der Waals surface area contributed by atoms with Crippen molar-refractivity contribution in [2.45, 2.75) is 27.4 Å². The van der Waals surface area contributed by atoms with Crippen LogP contribution in [0.5, 0.6) is 11.5 Å². The van der Waals surface area contributed by atoms with E-state index in [0.717, 1.165) is 33.7 Å². The Morgan fingerprint density at radius 1 is 1.00 bits per heavy atom. The van der Waals surface area contributed by atoms with Gasteiger partial charge in [0.15, 0.2) is 11.5 Å². The molecule has 4 rings (SSSR count). The van der Waals surface area contributed by atoms with E-state index in [4.69, 9.17) is 21.1 Å². The standard InChI is InChI=1S/C28H24ClN3O7/c1-4-38-24-14-18(13-23(29)25(24)39-15-19-10-16(2)9-17(3)11-19)12-22-26(33)30-28(35)31(27(22)34)20-5-7-21(8-6-20)32(36)37/h5-14H,4,15H2,1-3H3,(H,30,33,35)/b22-12+. The van der Waals surface area contributed by atoms with E-state index in [-0.39, 0.29) is 28.6 Å².